The first-order chi connectivity index (χ1) is 20.9. The number of amides is 2. The number of nitrogens with zero attached hydrogens (tertiary/aromatic N) is 3. The van der Waals surface area contributed by atoms with Gasteiger partial charge in [-0.1, -0.05) is 35.9 Å². The van der Waals surface area contributed by atoms with Crippen LogP contribution in [0.15, 0.2) is 91.4 Å². The van der Waals surface area contributed by atoms with E-state index >= 15 is 0 Å². The van der Waals surface area contributed by atoms with Crippen LogP contribution in [0.3, 0.4) is 0 Å². The van der Waals surface area contributed by atoms with Crippen molar-refractivity contribution in [2.24, 2.45) is 0 Å². The van der Waals surface area contributed by atoms with Crippen LogP contribution in [-0.4, -0.2) is 60.7 Å². The van der Waals surface area contributed by atoms with E-state index in [-0.39, 0.29) is 22.3 Å². The van der Waals surface area contributed by atoms with E-state index in [4.69, 9.17) is 11.6 Å². The first-order valence-corrected chi connectivity index (χ1v) is 14.3. The number of ketones is 1. The fourth-order valence-electron chi connectivity index (χ4n) is 5.13. The molecular formula is C33H29ClN6O3. The molecule has 1 aromatic heterocycles. The van der Waals surface area contributed by atoms with Crippen molar-refractivity contribution in [2.75, 3.05) is 54.1 Å². The van der Waals surface area contributed by atoms with E-state index < -0.39 is 5.91 Å². The molecule has 216 valence electrons. The van der Waals surface area contributed by atoms with Gasteiger partial charge in [-0.3, -0.25) is 19.4 Å². The number of carbonyl (C=O) groups is 3. The number of fused-ring (bicyclic) bond motifs is 1. The van der Waals surface area contributed by atoms with Gasteiger partial charge < -0.3 is 25.8 Å². The third-order valence-electron chi connectivity index (χ3n) is 7.58. The second-order valence-corrected chi connectivity index (χ2v) is 10.9. The average molecular weight is 593 g/mol. The summed E-state index contributed by atoms with van der Waals surface area (Å²) in [4.78, 5) is 47.4. The van der Waals surface area contributed by atoms with Gasteiger partial charge in [0.1, 0.15) is 0 Å². The van der Waals surface area contributed by atoms with Crippen molar-refractivity contribution in [3.05, 3.63) is 119 Å². The summed E-state index contributed by atoms with van der Waals surface area (Å²) < 4.78 is 0. The smallest absolute Gasteiger partial charge is 0.257 e. The molecule has 0 spiro atoms. The number of rotatable bonds is 7. The SMILES string of the molecule is CN1CCN(c2ccc(NC=C3C(=O)Nc4cc(C(=O)c5cccc(NC(=O)c6ccncc6Cl)c5)ccc43)cc2)CC1. The van der Waals surface area contributed by atoms with Crippen molar-refractivity contribution in [2.45, 2.75) is 0 Å². The molecule has 0 atom stereocenters. The summed E-state index contributed by atoms with van der Waals surface area (Å²) in [6, 6.07) is 21.5. The molecule has 3 heterocycles. The second-order valence-electron chi connectivity index (χ2n) is 10.5. The van der Waals surface area contributed by atoms with Crippen LogP contribution in [0.25, 0.3) is 5.57 Å². The zero-order valence-corrected chi connectivity index (χ0v) is 24.2. The normalized spacial score (nSPS) is 15.6. The Morgan fingerprint density at radius 2 is 1.70 bits per heavy atom. The summed E-state index contributed by atoms with van der Waals surface area (Å²) in [6.45, 7) is 4.08. The van der Waals surface area contributed by atoms with E-state index in [0.29, 0.717) is 33.6 Å². The molecule has 10 heteroatoms. The van der Waals surface area contributed by atoms with E-state index in [1.807, 2.05) is 12.1 Å². The largest absolute Gasteiger partial charge is 0.369 e. The molecule has 0 aliphatic carbocycles. The molecule has 43 heavy (non-hydrogen) atoms. The van der Waals surface area contributed by atoms with Crippen molar-refractivity contribution < 1.29 is 14.4 Å². The number of benzene rings is 3. The number of hydrogen-bond donors (Lipinski definition) is 3. The molecule has 2 aliphatic rings. The highest BCUT2D eigenvalue weighted by Gasteiger charge is 2.25. The van der Waals surface area contributed by atoms with Gasteiger partial charge in [0.05, 0.1) is 16.2 Å². The van der Waals surface area contributed by atoms with Gasteiger partial charge in [-0.15, -0.1) is 0 Å². The molecule has 0 saturated carbocycles. The number of carbonyl (C=O) groups excluding carboxylic acids is 3. The molecule has 1 fully saturated rings. The van der Waals surface area contributed by atoms with E-state index in [9.17, 15) is 14.4 Å². The summed E-state index contributed by atoms with van der Waals surface area (Å²) in [7, 11) is 2.14. The maximum Gasteiger partial charge on any atom is 0.257 e. The lowest BCUT2D eigenvalue weighted by Crippen LogP contribution is -2.44. The number of pyridine rings is 1. The van der Waals surface area contributed by atoms with Gasteiger partial charge >= 0.3 is 0 Å². The Labute approximate surface area is 254 Å². The minimum atomic E-state index is -0.406. The zero-order valence-electron chi connectivity index (χ0n) is 23.4. The number of halogens is 1. The topological polar surface area (TPSA) is 107 Å². The van der Waals surface area contributed by atoms with Crippen LogP contribution < -0.4 is 20.9 Å². The standard InChI is InChI=1S/C33H29ClN6O3/c1-39-13-15-40(16-14-39)25-8-6-23(7-9-25)36-19-28-26-10-5-22(18-30(26)38-33(28)43)31(41)21-3-2-4-24(17-21)37-32(42)27-11-12-35-20-29(27)34/h2-12,17-20,36H,13-16H2,1H3,(H,37,42)(H,38,43). The molecule has 0 radical (unpaired) electrons. The molecule has 2 amide bonds. The average Bonchev–Trinajstić information content (AvgIpc) is 3.34. The Hall–Kier alpha value is -4.99. The Kier molecular flexibility index (Phi) is 7.91. The lowest BCUT2D eigenvalue weighted by Gasteiger charge is -2.34. The predicted molar refractivity (Wildman–Crippen MR) is 170 cm³/mol. The van der Waals surface area contributed by atoms with Gasteiger partial charge in [0.25, 0.3) is 11.8 Å². The van der Waals surface area contributed by atoms with E-state index in [0.717, 1.165) is 31.9 Å². The Morgan fingerprint density at radius 3 is 2.47 bits per heavy atom. The molecular weight excluding hydrogens is 564 g/mol. The van der Waals surface area contributed by atoms with Gasteiger partial charge in [0.2, 0.25) is 0 Å². The Bertz CT molecular complexity index is 1750. The van der Waals surface area contributed by atoms with Gasteiger partial charge in [0.15, 0.2) is 5.78 Å². The minimum Gasteiger partial charge on any atom is -0.369 e. The van der Waals surface area contributed by atoms with Crippen molar-refractivity contribution in [1.29, 1.82) is 0 Å². The first kappa shape index (κ1) is 28.1. The number of nitrogens with one attached hydrogen (secondary N) is 3. The fraction of sp³-hybridized carbons (Fsp3) is 0.152. The van der Waals surface area contributed by atoms with Crippen LogP contribution in [0, 0.1) is 0 Å². The number of hydrogen-bond acceptors (Lipinski definition) is 7. The highest BCUT2D eigenvalue weighted by molar-refractivity contribution is 6.34. The molecule has 4 aromatic rings. The van der Waals surface area contributed by atoms with Crippen molar-refractivity contribution in [3.8, 4) is 0 Å². The maximum atomic E-state index is 13.4. The summed E-state index contributed by atoms with van der Waals surface area (Å²) in [6.07, 6.45) is 4.57. The number of piperazine rings is 1. The third-order valence-corrected chi connectivity index (χ3v) is 7.88. The molecule has 3 N–H and O–H groups in total. The lowest BCUT2D eigenvalue weighted by atomic mass is 9.99. The summed E-state index contributed by atoms with van der Waals surface area (Å²) in [5.74, 6) is -0.900. The highest BCUT2D eigenvalue weighted by Crippen LogP contribution is 2.33. The van der Waals surface area contributed by atoms with Crippen LogP contribution >= 0.6 is 11.6 Å². The summed E-state index contributed by atoms with van der Waals surface area (Å²) in [5, 5.41) is 9.10. The number of likely N-dealkylation sites (N-methyl/N-ethyl adjacent to an activating group) is 1. The Balaban J connectivity index is 1.14. The van der Waals surface area contributed by atoms with Gasteiger partial charge in [-0.25, -0.2) is 0 Å². The predicted octanol–water partition coefficient (Wildman–Crippen LogP) is 5.38. The van der Waals surface area contributed by atoms with E-state index in [1.165, 1.54) is 24.1 Å². The van der Waals surface area contributed by atoms with Gasteiger partial charge in [-0.05, 0) is 55.6 Å². The van der Waals surface area contributed by atoms with Crippen LogP contribution in [0.1, 0.15) is 31.8 Å². The van der Waals surface area contributed by atoms with Crippen LogP contribution in [0.4, 0.5) is 22.7 Å². The highest BCUT2D eigenvalue weighted by atomic mass is 35.5. The fourth-order valence-corrected chi connectivity index (χ4v) is 5.34. The quantitative estimate of drug-likeness (QED) is 0.195. The van der Waals surface area contributed by atoms with Crippen molar-refractivity contribution in [3.63, 3.8) is 0 Å². The van der Waals surface area contributed by atoms with Crippen LogP contribution in [0.5, 0.6) is 0 Å². The molecule has 9 nitrogen and oxygen atoms in total. The summed E-state index contributed by atoms with van der Waals surface area (Å²) >= 11 is 6.08. The molecule has 2 aliphatic heterocycles. The first-order valence-electron chi connectivity index (χ1n) is 13.9. The molecule has 0 unspecified atom stereocenters. The van der Waals surface area contributed by atoms with E-state index in [2.05, 4.69) is 49.9 Å². The zero-order chi connectivity index (χ0) is 29.9. The molecule has 6 rings (SSSR count). The monoisotopic (exact) mass is 592 g/mol. The van der Waals surface area contributed by atoms with Crippen molar-refractivity contribution >= 4 is 57.5 Å². The van der Waals surface area contributed by atoms with Crippen LogP contribution in [-0.2, 0) is 4.79 Å². The van der Waals surface area contributed by atoms with E-state index in [1.54, 1.807) is 48.7 Å². The minimum absolute atomic E-state index is 0.232. The number of aromatic nitrogens is 1. The molecule has 0 bridgehead atoms. The van der Waals surface area contributed by atoms with Gasteiger partial charge in [0, 0.05) is 84.2 Å². The van der Waals surface area contributed by atoms with Gasteiger partial charge in [-0.2, -0.15) is 0 Å². The van der Waals surface area contributed by atoms with Crippen molar-refractivity contribution in [1.82, 2.24) is 9.88 Å². The lowest BCUT2D eigenvalue weighted by molar-refractivity contribution is -0.110. The number of anilines is 4. The maximum absolute atomic E-state index is 13.4. The summed E-state index contributed by atoms with van der Waals surface area (Å²) in [5.41, 5.74) is 5.33. The third kappa shape index (κ3) is 6.13. The van der Waals surface area contributed by atoms with Crippen LogP contribution in [0.2, 0.25) is 5.02 Å². The second kappa shape index (κ2) is 12.1. The Morgan fingerprint density at radius 1 is 0.930 bits per heavy atom. The molecule has 3 aromatic carbocycles. The molecule has 1 saturated heterocycles.